The molecule has 1 aliphatic carbocycles. The van der Waals surface area contributed by atoms with Gasteiger partial charge in [-0.05, 0) is 43.9 Å². The Balaban J connectivity index is 1.58. The summed E-state index contributed by atoms with van der Waals surface area (Å²) in [6.07, 6.45) is 4.89. The van der Waals surface area contributed by atoms with Crippen molar-refractivity contribution in [3.8, 4) is 0 Å². The number of carbonyl (C=O) groups excluding carboxylic acids is 2. The summed E-state index contributed by atoms with van der Waals surface area (Å²) < 4.78 is 37.4. The molecular weight excluding hydrogens is 408 g/mol. The number of benzene rings is 1. The van der Waals surface area contributed by atoms with Crippen LogP contribution in [0.4, 0.5) is 0 Å². The quantitative estimate of drug-likeness (QED) is 0.653. The monoisotopic (exact) mass is 438 g/mol. The number of nitrogens with one attached hydrogen (secondary N) is 1. The van der Waals surface area contributed by atoms with Gasteiger partial charge in [0, 0.05) is 19.6 Å². The number of amides is 1. The summed E-state index contributed by atoms with van der Waals surface area (Å²) in [4.78, 5) is 24.8. The standard InChI is InChI=1S/C21H30N2O6S/c1-16(20(24)22-15-17-6-3-2-4-7-17)29-21(25)18-8-5-9-19(14-18)30(26,27)23-10-12-28-13-11-23/h5,8-9,14,16-17H,2-4,6-7,10-13,15H2,1H3,(H,22,24). The molecule has 1 unspecified atom stereocenters. The molecule has 2 aliphatic rings. The van der Waals surface area contributed by atoms with E-state index in [1.54, 1.807) is 0 Å². The Bertz CT molecular complexity index is 845. The highest BCUT2D eigenvalue weighted by atomic mass is 32.2. The van der Waals surface area contributed by atoms with Crippen LogP contribution in [0, 0.1) is 5.92 Å². The van der Waals surface area contributed by atoms with Crippen molar-refractivity contribution in [3.05, 3.63) is 29.8 Å². The molecule has 1 saturated carbocycles. The van der Waals surface area contributed by atoms with Crippen molar-refractivity contribution in [3.63, 3.8) is 0 Å². The number of esters is 1. The molecule has 8 nitrogen and oxygen atoms in total. The highest BCUT2D eigenvalue weighted by Crippen LogP contribution is 2.23. The number of rotatable bonds is 7. The second-order valence-electron chi connectivity index (χ2n) is 7.84. The van der Waals surface area contributed by atoms with Crippen molar-refractivity contribution >= 4 is 21.9 Å². The van der Waals surface area contributed by atoms with Gasteiger partial charge in [0.2, 0.25) is 10.0 Å². The van der Waals surface area contributed by atoms with E-state index in [4.69, 9.17) is 9.47 Å². The molecule has 1 saturated heterocycles. The van der Waals surface area contributed by atoms with Crippen LogP contribution in [0.15, 0.2) is 29.2 Å². The number of sulfonamides is 1. The van der Waals surface area contributed by atoms with E-state index in [0.717, 1.165) is 12.8 Å². The number of carbonyl (C=O) groups is 2. The average Bonchev–Trinajstić information content (AvgIpc) is 2.78. The first-order valence-electron chi connectivity index (χ1n) is 10.5. The lowest BCUT2D eigenvalue weighted by Crippen LogP contribution is -2.40. The maximum absolute atomic E-state index is 12.8. The fourth-order valence-electron chi connectivity index (χ4n) is 3.78. The van der Waals surface area contributed by atoms with E-state index < -0.39 is 22.1 Å². The van der Waals surface area contributed by atoms with Crippen LogP contribution in [0.3, 0.4) is 0 Å². The third-order valence-corrected chi connectivity index (χ3v) is 7.51. The molecule has 1 heterocycles. The van der Waals surface area contributed by atoms with E-state index in [2.05, 4.69) is 5.32 Å². The average molecular weight is 439 g/mol. The predicted molar refractivity (Wildman–Crippen MR) is 110 cm³/mol. The fraction of sp³-hybridized carbons (Fsp3) is 0.619. The lowest BCUT2D eigenvalue weighted by atomic mass is 9.89. The summed E-state index contributed by atoms with van der Waals surface area (Å²) in [5.41, 5.74) is 0.0938. The molecule has 1 atom stereocenters. The Morgan fingerprint density at radius 2 is 1.90 bits per heavy atom. The van der Waals surface area contributed by atoms with Crippen LogP contribution in [-0.2, 0) is 24.3 Å². The first-order valence-corrected chi connectivity index (χ1v) is 12.0. The molecule has 1 N–H and O–H groups in total. The van der Waals surface area contributed by atoms with E-state index >= 15 is 0 Å². The maximum Gasteiger partial charge on any atom is 0.338 e. The molecule has 1 amide bonds. The largest absolute Gasteiger partial charge is 0.449 e. The highest BCUT2D eigenvalue weighted by molar-refractivity contribution is 7.89. The summed E-state index contributed by atoms with van der Waals surface area (Å²) in [6, 6.07) is 5.72. The summed E-state index contributed by atoms with van der Waals surface area (Å²) in [5.74, 6) is -0.590. The first kappa shape index (κ1) is 22.7. The highest BCUT2D eigenvalue weighted by Gasteiger charge is 2.27. The first-order chi connectivity index (χ1) is 14.4. The second-order valence-corrected chi connectivity index (χ2v) is 9.78. The third-order valence-electron chi connectivity index (χ3n) is 5.62. The van der Waals surface area contributed by atoms with Gasteiger partial charge in [-0.25, -0.2) is 13.2 Å². The van der Waals surface area contributed by atoms with Crippen LogP contribution in [0.25, 0.3) is 0 Å². The smallest absolute Gasteiger partial charge is 0.338 e. The number of nitrogens with zero attached hydrogens (tertiary/aromatic N) is 1. The van der Waals surface area contributed by atoms with E-state index in [-0.39, 0.29) is 29.5 Å². The molecule has 0 spiro atoms. The van der Waals surface area contributed by atoms with Gasteiger partial charge in [0.15, 0.2) is 6.10 Å². The summed E-state index contributed by atoms with van der Waals surface area (Å²) in [7, 11) is -3.72. The zero-order valence-electron chi connectivity index (χ0n) is 17.3. The van der Waals surface area contributed by atoms with Crippen molar-refractivity contribution in [1.29, 1.82) is 0 Å². The normalized spacial score (nSPS) is 19.8. The zero-order valence-corrected chi connectivity index (χ0v) is 18.2. The van der Waals surface area contributed by atoms with Crippen LogP contribution in [0.2, 0.25) is 0 Å². The molecule has 0 radical (unpaired) electrons. The van der Waals surface area contributed by atoms with Gasteiger partial charge in [0.25, 0.3) is 5.91 Å². The van der Waals surface area contributed by atoms with E-state index in [1.807, 2.05) is 0 Å². The number of hydrogen-bond donors (Lipinski definition) is 1. The minimum atomic E-state index is -3.72. The third kappa shape index (κ3) is 5.80. The molecule has 0 aromatic heterocycles. The van der Waals surface area contributed by atoms with Gasteiger partial charge < -0.3 is 14.8 Å². The molecular formula is C21H30N2O6S. The van der Waals surface area contributed by atoms with Gasteiger partial charge >= 0.3 is 5.97 Å². The topological polar surface area (TPSA) is 102 Å². The number of ether oxygens (including phenoxy) is 2. The summed E-state index contributed by atoms with van der Waals surface area (Å²) >= 11 is 0. The van der Waals surface area contributed by atoms with E-state index in [9.17, 15) is 18.0 Å². The van der Waals surface area contributed by atoms with Gasteiger partial charge in [-0.1, -0.05) is 25.3 Å². The van der Waals surface area contributed by atoms with Gasteiger partial charge in [-0.2, -0.15) is 4.31 Å². The van der Waals surface area contributed by atoms with Crippen molar-refractivity contribution in [2.75, 3.05) is 32.8 Å². The Kier molecular flexibility index (Phi) is 7.85. The Hall–Kier alpha value is -1.97. The molecule has 2 fully saturated rings. The molecule has 1 aliphatic heterocycles. The molecule has 9 heteroatoms. The Morgan fingerprint density at radius 1 is 1.20 bits per heavy atom. The van der Waals surface area contributed by atoms with Gasteiger partial charge in [0.05, 0.1) is 23.7 Å². The van der Waals surface area contributed by atoms with Gasteiger partial charge in [0.1, 0.15) is 0 Å². The Morgan fingerprint density at radius 3 is 2.60 bits per heavy atom. The molecule has 166 valence electrons. The number of hydrogen-bond acceptors (Lipinski definition) is 6. The van der Waals surface area contributed by atoms with Gasteiger partial charge in [-0.3, -0.25) is 4.79 Å². The molecule has 30 heavy (non-hydrogen) atoms. The van der Waals surface area contributed by atoms with Crippen LogP contribution in [-0.4, -0.2) is 63.6 Å². The maximum atomic E-state index is 12.8. The van der Waals surface area contributed by atoms with Crippen molar-refractivity contribution in [1.82, 2.24) is 9.62 Å². The predicted octanol–water partition coefficient (Wildman–Crippen LogP) is 1.95. The lowest BCUT2D eigenvalue weighted by Gasteiger charge is -2.26. The second kappa shape index (κ2) is 10.4. The number of morpholine rings is 1. The van der Waals surface area contributed by atoms with Crippen LogP contribution in [0.1, 0.15) is 49.4 Å². The van der Waals surface area contributed by atoms with E-state index in [1.165, 1.54) is 54.8 Å². The van der Waals surface area contributed by atoms with Crippen LogP contribution < -0.4 is 5.32 Å². The SMILES string of the molecule is CC(OC(=O)c1cccc(S(=O)(=O)N2CCOCC2)c1)C(=O)NCC1CCCCC1. The van der Waals surface area contributed by atoms with Crippen molar-refractivity contribution in [2.24, 2.45) is 5.92 Å². The lowest BCUT2D eigenvalue weighted by molar-refractivity contribution is -0.129. The summed E-state index contributed by atoms with van der Waals surface area (Å²) in [5, 5.41) is 2.86. The van der Waals surface area contributed by atoms with E-state index in [0.29, 0.717) is 25.7 Å². The molecule has 3 rings (SSSR count). The molecule has 1 aromatic rings. The summed E-state index contributed by atoms with van der Waals surface area (Å²) in [6.45, 7) is 3.34. The zero-order chi connectivity index (χ0) is 21.6. The minimum Gasteiger partial charge on any atom is -0.449 e. The molecule has 0 bridgehead atoms. The van der Waals surface area contributed by atoms with Crippen molar-refractivity contribution in [2.45, 2.75) is 50.0 Å². The Labute approximate surface area is 178 Å². The van der Waals surface area contributed by atoms with Crippen molar-refractivity contribution < 1.29 is 27.5 Å². The fourth-order valence-corrected chi connectivity index (χ4v) is 5.24. The van der Waals surface area contributed by atoms with Gasteiger partial charge in [-0.15, -0.1) is 0 Å². The molecule has 1 aromatic carbocycles. The van der Waals surface area contributed by atoms with Crippen LogP contribution in [0.5, 0.6) is 0 Å². The minimum absolute atomic E-state index is 0.0215. The van der Waals surface area contributed by atoms with Crippen LogP contribution >= 0.6 is 0 Å².